The van der Waals surface area contributed by atoms with Gasteiger partial charge in [0.2, 0.25) is 0 Å². The Morgan fingerprint density at radius 1 is 1.67 bits per heavy atom. The Morgan fingerprint density at radius 2 is 2.22 bits per heavy atom. The molecule has 4 N–H and O–H groups in total. The van der Waals surface area contributed by atoms with E-state index in [1.807, 2.05) is 0 Å². The smallest absolute Gasteiger partial charge is 0.0128 e. The van der Waals surface area contributed by atoms with Gasteiger partial charge in [0.1, 0.15) is 0 Å². The summed E-state index contributed by atoms with van der Waals surface area (Å²) in [6.07, 6.45) is 3.81. The first-order valence-corrected chi connectivity index (χ1v) is 5.15. The molecule has 0 aromatic heterocycles. The summed E-state index contributed by atoms with van der Waals surface area (Å²) in [5.41, 5.74) is 0. The number of nitrogens with two attached hydrogens (primary N) is 1. The lowest BCUT2D eigenvalue weighted by atomic mass is 10.3. The fourth-order valence-electron chi connectivity index (χ4n) is 0.456. The lowest BCUT2D eigenvalue weighted by Gasteiger charge is -2.24. The van der Waals surface area contributed by atoms with Crippen molar-refractivity contribution < 1.29 is 4.55 Å². The molecule has 1 unspecified atom stereocenters. The number of hydrogen-bond donors (Lipinski definition) is 3. The number of nitrogens with one attached hydrogen (secondary N) is 1. The van der Waals surface area contributed by atoms with Crippen LogP contribution in [0.1, 0.15) is 19.8 Å². The van der Waals surface area contributed by atoms with Crippen molar-refractivity contribution in [3.8, 4) is 0 Å². The van der Waals surface area contributed by atoms with Crippen LogP contribution in [0.2, 0.25) is 0 Å². The van der Waals surface area contributed by atoms with E-state index < -0.39 is 10.7 Å². The SMILES string of the molecule is CCCCNS(C)(N)O. The third kappa shape index (κ3) is 8.23. The van der Waals surface area contributed by atoms with Crippen LogP contribution in [0.4, 0.5) is 0 Å². The molecule has 0 amide bonds. The Labute approximate surface area is 58.4 Å². The normalized spacial score (nSPS) is 20.9. The van der Waals surface area contributed by atoms with Crippen molar-refractivity contribution in [2.75, 3.05) is 12.8 Å². The van der Waals surface area contributed by atoms with E-state index in [4.69, 9.17) is 9.69 Å². The van der Waals surface area contributed by atoms with Gasteiger partial charge in [-0.25, -0.2) is 4.72 Å². The van der Waals surface area contributed by atoms with E-state index in [2.05, 4.69) is 11.6 Å². The zero-order valence-corrected chi connectivity index (χ0v) is 6.87. The molecular weight excluding hydrogens is 136 g/mol. The summed E-state index contributed by atoms with van der Waals surface area (Å²) in [5.74, 6) is 0. The average Bonchev–Trinajstić information content (AvgIpc) is 1.63. The van der Waals surface area contributed by atoms with Gasteiger partial charge in [-0.2, -0.15) is 0 Å². The van der Waals surface area contributed by atoms with Crippen molar-refractivity contribution >= 4 is 10.7 Å². The molecule has 0 aromatic rings. The van der Waals surface area contributed by atoms with Crippen LogP contribution in [0.3, 0.4) is 0 Å². The summed E-state index contributed by atoms with van der Waals surface area (Å²) in [5, 5.41) is 5.30. The Hall–Kier alpha value is 0.230. The maximum Gasteiger partial charge on any atom is 0.0128 e. The van der Waals surface area contributed by atoms with Gasteiger partial charge in [0.25, 0.3) is 0 Å². The maximum atomic E-state index is 8.99. The van der Waals surface area contributed by atoms with Crippen LogP contribution < -0.4 is 9.86 Å². The summed E-state index contributed by atoms with van der Waals surface area (Å²) in [6.45, 7) is 2.91. The van der Waals surface area contributed by atoms with Gasteiger partial charge in [-0.1, -0.05) is 13.3 Å². The third-order valence-electron chi connectivity index (χ3n) is 0.925. The molecule has 0 spiro atoms. The molecule has 1 atom stereocenters. The fraction of sp³-hybridized carbons (Fsp3) is 1.00. The van der Waals surface area contributed by atoms with Crippen molar-refractivity contribution in [3.63, 3.8) is 0 Å². The Bertz CT molecular complexity index is 71.8. The van der Waals surface area contributed by atoms with Crippen molar-refractivity contribution in [1.82, 2.24) is 4.72 Å². The largest absolute Gasteiger partial charge is 0.326 e. The molecule has 9 heavy (non-hydrogen) atoms. The molecule has 58 valence electrons. The zero-order valence-electron chi connectivity index (χ0n) is 6.05. The van der Waals surface area contributed by atoms with E-state index in [9.17, 15) is 0 Å². The number of hydrogen-bond acceptors (Lipinski definition) is 3. The van der Waals surface area contributed by atoms with Crippen molar-refractivity contribution in [3.05, 3.63) is 0 Å². The maximum absolute atomic E-state index is 8.99. The van der Waals surface area contributed by atoms with Gasteiger partial charge >= 0.3 is 0 Å². The molecule has 0 heterocycles. The quantitative estimate of drug-likeness (QED) is 0.528. The van der Waals surface area contributed by atoms with E-state index >= 15 is 0 Å². The van der Waals surface area contributed by atoms with Crippen LogP contribution in [0.25, 0.3) is 0 Å². The monoisotopic (exact) mass is 152 g/mol. The van der Waals surface area contributed by atoms with Crippen LogP contribution in [0, 0.1) is 0 Å². The minimum absolute atomic E-state index is 0.815. The Kier molecular flexibility index (Phi) is 4.22. The topological polar surface area (TPSA) is 58.3 Å². The number of rotatable bonds is 4. The Balaban J connectivity index is 3.07. The first-order chi connectivity index (χ1) is 4.06. The highest BCUT2D eigenvalue weighted by Crippen LogP contribution is 2.21. The lowest BCUT2D eigenvalue weighted by molar-refractivity contribution is 0.609. The molecular formula is C5H16N2OS. The van der Waals surface area contributed by atoms with Gasteiger partial charge in [0.15, 0.2) is 0 Å². The standard InChI is InChI=1S/C5H16N2OS/c1-3-4-5-7-9(2,6)8/h7-8H,3-6H2,1-2H3. The first-order valence-electron chi connectivity index (χ1n) is 3.09. The second-order valence-electron chi connectivity index (χ2n) is 2.18. The van der Waals surface area contributed by atoms with Gasteiger partial charge in [-0.3, -0.25) is 5.14 Å². The minimum atomic E-state index is -1.95. The Morgan fingerprint density at radius 3 is 2.56 bits per heavy atom. The zero-order chi connectivity index (χ0) is 7.33. The molecule has 0 aliphatic rings. The number of unbranched alkanes of at least 4 members (excludes halogenated alkanes) is 1. The summed E-state index contributed by atoms with van der Waals surface area (Å²) >= 11 is 0. The van der Waals surface area contributed by atoms with Crippen LogP contribution in [0.5, 0.6) is 0 Å². The lowest BCUT2D eigenvalue weighted by Crippen LogP contribution is -2.26. The first kappa shape index (κ1) is 9.23. The molecule has 0 bridgehead atoms. The van der Waals surface area contributed by atoms with Gasteiger partial charge in [-0.15, -0.1) is 0 Å². The molecule has 0 aromatic carbocycles. The van der Waals surface area contributed by atoms with Crippen molar-refractivity contribution in [1.29, 1.82) is 0 Å². The highest BCUT2D eigenvalue weighted by molar-refractivity contribution is 8.25. The van der Waals surface area contributed by atoms with Gasteiger partial charge in [0, 0.05) is 12.8 Å². The van der Waals surface area contributed by atoms with E-state index in [-0.39, 0.29) is 0 Å². The molecule has 0 saturated heterocycles. The second-order valence-corrected chi connectivity index (χ2v) is 4.35. The second kappa shape index (κ2) is 4.11. The van der Waals surface area contributed by atoms with E-state index in [0.717, 1.165) is 19.4 Å². The van der Waals surface area contributed by atoms with Crippen molar-refractivity contribution in [2.45, 2.75) is 19.8 Å². The van der Waals surface area contributed by atoms with Gasteiger partial charge < -0.3 is 4.55 Å². The highest BCUT2D eigenvalue weighted by atomic mass is 32.3. The predicted octanol–water partition coefficient (Wildman–Crippen LogP) is 1.07. The predicted molar refractivity (Wildman–Crippen MR) is 43.2 cm³/mol. The molecule has 3 nitrogen and oxygen atoms in total. The van der Waals surface area contributed by atoms with Crippen molar-refractivity contribution in [2.24, 2.45) is 5.14 Å². The summed E-state index contributed by atoms with van der Waals surface area (Å²) in [7, 11) is -1.95. The van der Waals surface area contributed by atoms with E-state index in [1.54, 1.807) is 6.26 Å². The molecule has 0 saturated carbocycles. The molecule has 4 heteroatoms. The molecule has 0 rings (SSSR count). The molecule has 0 aliphatic heterocycles. The molecule has 0 radical (unpaired) electrons. The van der Waals surface area contributed by atoms with E-state index in [1.165, 1.54) is 0 Å². The summed E-state index contributed by atoms with van der Waals surface area (Å²) < 4.78 is 11.8. The van der Waals surface area contributed by atoms with Gasteiger partial charge in [-0.05, 0) is 17.1 Å². The highest BCUT2D eigenvalue weighted by Gasteiger charge is 2.01. The summed E-state index contributed by atoms with van der Waals surface area (Å²) in [6, 6.07) is 0. The summed E-state index contributed by atoms with van der Waals surface area (Å²) in [4.78, 5) is 0. The fourth-order valence-corrected chi connectivity index (χ4v) is 1.01. The minimum Gasteiger partial charge on any atom is -0.326 e. The van der Waals surface area contributed by atoms with Crippen LogP contribution in [-0.4, -0.2) is 17.4 Å². The molecule has 0 aliphatic carbocycles. The van der Waals surface area contributed by atoms with Crippen LogP contribution in [-0.2, 0) is 0 Å². The van der Waals surface area contributed by atoms with Crippen LogP contribution >= 0.6 is 10.7 Å². The van der Waals surface area contributed by atoms with Gasteiger partial charge in [0.05, 0.1) is 0 Å². The molecule has 0 fully saturated rings. The third-order valence-corrected chi connectivity index (χ3v) is 1.71. The average molecular weight is 152 g/mol. The van der Waals surface area contributed by atoms with E-state index in [0.29, 0.717) is 0 Å². The van der Waals surface area contributed by atoms with Crippen LogP contribution in [0.15, 0.2) is 0 Å².